The SMILES string of the molecule is CC1=C(C(=O)OCc2ccccc2)[C@@H](c2ccc(F)c(F)c2)C2=C(CCCC2=O)N1. The largest absolute Gasteiger partial charge is 0.457 e. The predicted octanol–water partition coefficient (Wildman–Crippen LogP) is 4.68. The number of benzene rings is 2. The molecule has 0 amide bonds. The van der Waals surface area contributed by atoms with Crippen molar-refractivity contribution in [1.29, 1.82) is 0 Å². The second-order valence-corrected chi connectivity index (χ2v) is 7.50. The number of hydrogen-bond acceptors (Lipinski definition) is 4. The van der Waals surface area contributed by atoms with Gasteiger partial charge in [0.25, 0.3) is 0 Å². The second kappa shape index (κ2) is 8.22. The third kappa shape index (κ3) is 3.77. The molecule has 0 unspecified atom stereocenters. The number of carbonyl (C=O) groups is 2. The van der Waals surface area contributed by atoms with E-state index in [2.05, 4.69) is 5.32 Å². The number of allylic oxidation sites excluding steroid dienone is 3. The Morgan fingerprint density at radius 2 is 1.87 bits per heavy atom. The van der Waals surface area contributed by atoms with E-state index in [0.29, 0.717) is 36.1 Å². The first-order chi connectivity index (χ1) is 14.5. The van der Waals surface area contributed by atoms with Gasteiger partial charge in [-0.1, -0.05) is 36.4 Å². The Bertz CT molecular complexity index is 1070. The van der Waals surface area contributed by atoms with E-state index in [1.807, 2.05) is 30.3 Å². The molecular weight excluding hydrogens is 388 g/mol. The van der Waals surface area contributed by atoms with E-state index in [1.165, 1.54) is 6.07 Å². The lowest BCUT2D eigenvalue weighted by Crippen LogP contribution is -2.34. The highest BCUT2D eigenvalue weighted by Gasteiger charge is 2.39. The molecule has 6 heteroatoms. The number of hydrogen-bond donors (Lipinski definition) is 1. The van der Waals surface area contributed by atoms with Crippen molar-refractivity contribution >= 4 is 11.8 Å². The van der Waals surface area contributed by atoms with Crippen LogP contribution < -0.4 is 5.32 Å². The topological polar surface area (TPSA) is 55.4 Å². The lowest BCUT2D eigenvalue weighted by molar-refractivity contribution is -0.140. The molecule has 2 aromatic carbocycles. The fraction of sp³-hybridized carbons (Fsp3) is 0.250. The van der Waals surface area contributed by atoms with E-state index in [9.17, 15) is 18.4 Å². The van der Waals surface area contributed by atoms with Crippen molar-refractivity contribution in [2.75, 3.05) is 0 Å². The normalized spacial score (nSPS) is 18.8. The van der Waals surface area contributed by atoms with Crippen LogP contribution in [0.2, 0.25) is 0 Å². The van der Waals surface area contributed by atoms with Gasteiger partial charge in [0.1, 0.15) is 6.61 Å². The summed E-state index contributed by atoms with van der Waals surface area (Å²) in [5.74, 6) is -3.49. The van der Waals surface area contributed by atoms with E-state index in [4.69, 9.17) is 4.74 Å². The van der Waals surface area contributed by atoms with Gasteiger partial charge in [-0.3, -0.25) is 4.79 Å². The molecule has 0 saturated heterocycles. The molecule has 1 heterocycles. The van der Waals surface area contributed by atoms with Gasteiger partial charge >= 0.3 is 5.97 Å². The number of nitrogens with one attached hydrogen (secondary N) is 1. The van der Waals surface area contributed by atoms with Crippen molar-refractivity contribution in [3.05, 3.63) is 93.8 Å². The van der Waals surface area contributed by atoms with Gasteiger partial charge in [-0.15, -0.1) is 0 Å². The van der Waals surface area contributed by atoms with Crippen molar-refractivity contribution in [1.82, 2.24) is 5.32 Å². The Kier molecular flexibility index (Phi) is 5.48. The summed E-state index contributed by atoms with van der Waals surface area (Å²) in [4.78, 5) is 25.9. The summed E-state index contributed by atoms with van der Waals surface area (Å²) in [6, 6.07) is 12.7. The highest BCUT2D eigenvalue weighted by molar-refractivity contribution is 6.03. The summed E-state index contributed by atoms with van der Waals surface area (Å²) >= 11 is 0. The average Bonchev–Trinajstić information content (AvgIpc) is 2.74. The number of esters is 1. The lowest BCUT2D eigenvalue weighted by atomic mass is 9.75. The summed E-state index contributed by atoms with van der Waals surface area (Å²) < 4.78 is 33.1. The quantitative estimate of drug-likeness (QED) is 0.746. The Labute approximate surface area is 173 Å². The van der Waals surface area contributed by atoms with Gasteiger partial charge in [0.15, 0.2) is 17.4 Å². The summed E-state index contributed by atoms with van der Waals surface area (Å²) in [5.41, 5.74) is 3.14. The summed E-state index contributed by atoms with van der Waals surface area (Å²) in [7, 11) is 0. The van der Waals surface area contributed by atoms with Crippen molar-refractivity contribution in [3.8, 4) is 0 Å². The zero-order valence-corrected chi connectivity index (χ0v) is 16.5. The molecule has 1 aliphatic heterocycles. The number of dihydropyridines is 1. The van der Waals surface area contributed by atoms with Crippen LogP contribution in [0, 0.1) is 11.6 Å². The van der Waals surface area contributed by atoms with Crippen LogP contribution in [0.1, 0.15) is 43.2 Å². The first kappa shape index (κ1) is 20.0. The van der Waals surface area contributed by atoms with E-state index < -0.39 is 23.5 Å². The van der Waals surface area contributed by atoms with Crippen LogP contribution in [0.4, 0.5) is 8.78 Å². The lowest BCUT2D eigenvalue weighted by Gasteiger charge is -2.34. The third-order valence-electron chi connectivity index (χ3n) is 5.49. The number of carbonyl (C=O) groups excluding carboxylic acids is 2. The van der Waals surface area contributed by atoms with E-state index in [1.54, 1.807) is 6.92 Å². The molecule has 2 aromatic rings. The zero-order valence-electron chi connectivity index (χ0n) is 16.5. The fourth-order valence-corrected chi connectivity index (χ4v) is 4.08. The minimum absolute atomic E-state index is 0.0702. The van der Waals surface area contributed by atoms with Crippen LogP contribution in [-0.2, 0) is 20.9 Å². The molecule has 2 aliphatic rings. The number of ketones is 1. The van der Waals surface area contributed by atoms with Crippen molar-refractivity contribution in [2.45, 2.75) is 38.7 Å². The smallest absolute Gasteiger partial charge is 0.337 e. The maximum Gasteiger partial charge on any atom is 0.337 e. The van der Waals surface area contributed by atoms with Gasteiger partial charge in [-0.05, 0) is 43.0 Å². The molecule has 0 spiro atoms. The Balaban J connectivity index is 1.73. The van der Waals surface area contributed by atoms with Gasteiger partial charge in [0, 0.05) is 29.3 Å². The van der Waals surface area contributed by atoms with Crippen LogP contribution in [-0.4, -0.2) is 11.8 Å². The van der Waals surface area contributed by atoms with Gasteiger partial charge in [-0.2, -0.15) is 0 Å². The number of ether oxygens (including phenoxy) is 1. The monoisotopic (exact) mass is 409 g/mol. The maximum atomic E-state index is 14.0. The Morgan fingerprint density at radius 3 is 2.60 bits per heavy atom. The van der Waals surface area contributed by atoms with Gasteiger partial charge in [0.05, 0.1) is 5.57 Å². The van der Waals surface area contributed by atoms with Crippen LogP contribution in [0.25, 0.3) is 0 Å². The molecule has 1 aliphatic carbocycles. The van der Waals surface area contributed by atoms with Crippen molar-refractivity contribution in [2.24, 2.45) is 0 Å². The molecule has 30 heavy (non-hydrogen) atoms. The number of halogens is 2. The fourth-order valence-electron chi connectivity index (χ4n) is 4.08. The third-order valence-corrected chi connectivity index (χ3v) is 5.49. The number of Topliss-reactive ketones (excluding diaryl/α,β-unsaturated/α-hetero) is 1. The standard InChI is InChI=1S/C24H21F2NO3/c1-14-21(24(29)30-13-15-6-3-2-4-7-15)22(16-10-11-17(25)18(26)12-16)23-19(27-14)8-5-9-20(23)28/h2-4,6-7,10-12,22,27H,5,8-9,13H2,1H3/t22-/m1/s1. The minimum Gasteiger partial charge on any atom is -0.457 e. The summed E-state index contributed by atoms with van der Waals surface area (Å²) in [6.45, 7) is 1.80. The first-order valence-corrected chi connectivity index (χ1v) is 9.85. The molecule has 4 nitrogen and oxygen atoms in total. The molecule has 1 atom stereocenters. The zero-order chi connectivity index (χ0) is 21.3. The molecule has 0 bridgehead atoms. The van der Waals surface area contributed by atoms with E-state index in [0.717, 1.165) is 23.4 Å². The van der Waals surface area contributed by atoms with Crippen molar-refractivity contribution in [3.63, 3.8) is 0 Å². The first-order valence-electron chi connectivity index (χ1n) is 9.85. The summed E-state index contributed by atoms with van der Waals surface area (Å²) in [5, 5.41) is 3.17. The second-order valence-electron chi connectivity index (χ2n) is 7.50. The molecule has 1 N–H and O–H groups in total. The minimum atomic E-state index is -1.02. The van der Waals surface area contributed by atoms with Gasteiger partial charge in [0.2, 0.25) is 0 Å². The molecule has 154 valence electrons. The molecule has 0 radical (unpaired) electrons. The van der Waals surface area contributed by atoms with Crippen LogP contribution in [0.3, 0.4) is 0 Å². The summed E-state index contributed by atoms with van der Waals surface area (Å²) in [6.07, 6.45) is 1.72. The van der Waals surface area contributed by atoms with Crippen LogP contribution in [0.15, 0.2) is 71.1 Å². The van der Waals surface area contributed by atoms with Crippen LogP contribution in [0.5, 0.6) is 0 Å². The average molecular weight is 409 g/mol. The predicted molar refractivity (Wildman–Crippen MR) is 107 cm³/mol. The number of rotatable bonds is 4. The van der Waals surface area contributed by atoms with Gasteiger partial charge < -0.3 is 10.1 Å². The van der Waals surface area contributed by atoms with Crippen LogP contribution >= 0.6 is 0 Å². The molecule has 4 rings (SSSR count). The van der Waals surface area contributed by atoms with Crippen molar-refractivity contribution < 1.29 is 23.1 Å². The van der Waals surface area contributed by atoms with Gasteiger partial charge in [-0.25, -0.2) is 13.6 Å². The Hall–Kier alpha value is -3.28. The Morgan fingerprint density at radius 1 is 1.10 bits per heavy atom. The van der Waals surface area contributed by atoms with E-state index >= 15 is 0 Å². The van der Waals surface area contributed by atoms with E-state index in [-0.39, 0.29) is 18.0 Å². The highest BCUT2D eigenvalue weighted by Crippen LogP contribution is 2.42. The molecule has 0 aromatic heterocycles. The molecule has 0 saturated carbocycles. The molecule has 0 fully saturated rings. The highest BCUT2D eigenvalue weighted by atomic mass is 19.2. The maximum absolute atomic E-state index is 14.0. The molecular formula is C24H21F2NO3.